The summed E-state index contributed by atoms with van der Waals surface area (Å²) in [5.74, 6) is -1.29. The second kappa shape index (κ2) is 11.5. The van der Waals surface area contributed by atoms with E-state index in [4.69, 9.17) is 0 Å². The minimum absolute atomic E-state index is 0.0205. The fourth-order valence-electron chi connectivity index (χ4n) is 7.61. The quantitative estimate of drug-likeness (QED) is 0.337. The van der Waals surface area contributed by atoms with Crippen LogP contribution in [0.15, 0.2) is 66.8 Å². The number of rotatable bonds is 9. The number of aliphatic hydroxyl groups excluding tert-OH is 1. The summed E-state index contributed by atoms with van der Waals surface area (Å²) in [5.41, 5.74) is 0.813. The standard InChI is InChI=1S/C34H41N3O4S/c1-3-18-35-19-10-16-33(2)27(30(35)39)28-31(40)37(20-8-4-5-9-22-38)29-32(41)36(21-11-17-34(28,29)42-33)26-15-14-24-12-6-7-13-25(24)23-26/h6-7,10-17,23,27-29,38H,3-5,8-9,18-22H2,1-2H3/t27-,28-,29?,33+,34-/m0/s1. The Balaban J connectivity index is 1.41. The molecule has 6 rings (SSSR count). The van der Waals surface area contributed by atoms with E-state index in [1.807, 2.05) is 46.2 Å². The summed E-state index contributed by atoms with van der Waals surface area (Å²) in [6, 6.07) is 13.5. The van der Waals surface area contributed by atoms with Gasteiger partial charge in [0.1, 0.15) is 6.04 Å². The van der Waals surface area contributed by atoms with Crippen molar-refractivity contribution in [3.05, 3.63) is 66.8 Å². The molecule has 5 atom stereocenters. The Labute approximate surface area is 252 Å². The van der Waals surface area contributed by atoms with Crippen LogP contribution in [0.1, 0.15) is 46.0 Å². The molecule has 2 saturated heterocycles. The minimum Gasteiger partial charge on any atom is -0.396 e. The zero-order valence-corrected chi connectivity index (χ0v) is 25.4. The fourth-order valence-corrected chi connectivity index (χ4v) is 9.76. The number of benzene rings is 2. The summed E-state index contributed by atoms with van der Waals surface area (Å²) in [6.07, 6.45) is 12.4. The number of nitrogens with zero attached hydrogens (tertiary/aromatic N) is 3. The first-order valence-corrected chi connectivity index (χ1v) is 16.2. The first-order chi connectivity index (χ1) is 20.3. The average molecular weight is 588 g/mol. The monoisotopic (exact) mass is 587 g/mol. The lowest BCUT2D eigenvalue weighted by Gasteiger charge is -2.37. The maximum Gasteiger partial charge on any atom is 0.251 e. The molecule has 4 aliphatic heterocycles. The zero-order chi connectivity index (χ0) is 29.5. The van der Waals surface area contributed by atoms with E-state index in [1.54, 1.807) is 16.7 Å². The van der Waals surface area contributed by atoms with Gasteiger partial charge in [0.15, 0.2) is 0 Å². The topological polar surface area (TPSA) is 81.2 Å². The van der Waals surface area contributed by atoms with E-state index >= 15 is 0 Å². The van der Waals surface area contributed by atoms with Crippen LogP contribution in [0.5, 0.6) is 0 Å². The van der Waals surface area contributed by atoms with Crippen molar-refractivity contribution in [2.45, 2.75) is 61.5 Å². The molecular weight excluding hydrogens is 546 g/mol. The van der Waals surface area contributed by atoms with Crippen LogP contribution < -0.4 is 4.90 Å². The van der Waals surface area contributed by atoms with Crippen LogP contribution in [0.2, 0.25) is 0 Å². The number of thioether (sulfide) groups is 1. The molecule has 0 saturated carbocycles. The molecular formula is C34H41N3O4S. The van der Waals surface area contributed by atoms with Gasteiger partial charge in [0, 0.05) is 43.2 Å². The predicted octanol–water partition coefficient (Wildman–Crippen LogP) is 4.79. The Morgan fingerprint density at radius 1 is 0.857 bits per heavy atom. The van der Waals surface area contributed by atoms with Crippen molar-refractivity contribution in [1.82, 2.24) is 9.80 Å². The molecule has 1 spiro atoms. The average Bonchev–Trinajstić information content (AvgIpc) is 3.25. The van der Waals surface area contributed by atoms with E-state index in [2.05, 4.69) is 44.2 Å². The molecule has 0 aromatic heterocycles. The molecule has 4 heterocycles. The Morgan fingerprint density at radius 3 is 2.40 bits per heavy atom. The van der Waals surface area contributed by atoms with Crippen LogP contribution in [-0.2, 0) is 14.4 Å². The molecule has 4 aliphatic rings. The van der Waals surface area contributed by atoms with Crippen LogP contribution in [0.3, 0.4) is 0 Å². The van der Waals surface area contributed by atoms with Gasteiger partial charge in [-0.1, -0.05) is 74.4 Å². The molecule has 2 aromatic rings. The number of carbonyl (C=O) groups excluding carboxylic acids is 3. The molecule has 222 valence electrons. The van der Waals surface area contributed by atoms with Gasteiger partial charge in [0.2, 0.25) is 11.8 Å². The van der Waals surface area contributed by atoms with E-state index in [-0.39, 0.29) is 24.3 Å². The summed E-state index contributed by atoms with van der Waals surface area (Å²) >= 11 is 1.64. The number of amides is 3. The van der Waals surface area contributed by atoms with Gasteiger partial charge in [0.05, 0.1) is 16.6 Å². The van der Waals surface area contributed by atoms with E-state index in [0.717, 1.165) is 48.6 Å². The third-order valence-corrected chi connectivity index (χ3v) is 11.3. The highest BCUT2D eigenvalue weighted by atomic mass is 32.2. The number of carbonyl (C=O) groups is 3. The molecule has 2 fully saturated rings. The summed E-state index contributed by atoms with van der Waals surface area (Å²) in [6.45, 7) is 6.37. The van der Waals surface area contributed by atoms with Crippen molar-refractivity contribution in [2.75, 3.05) is 37.7 Å². The summed E-state index contributed by atoms with van der Waals surface area (Å²) in [4.78, 5) is 48.9. The molecule has 42 heavy (non-hydrogen) atoms. The van der Waals surface area contributed by atoms with E-state index in [0.29, 0.717) is 26.2 Å². The summed E-state index contributed by atoms with van der Waals surface area (Å²) in [7, 11) is 0. The lowest BCUT2D eigenvalue weighted by Crippen LogP contribution is -2.53. The third-order valence-electron chi connectivity index (χ3n) is 9.49. The van der Waals surface area contributed by atoms with Crippen LogP contribution in [0.25, 0.3) is 10.8 Å². The SMILES string of the molecule is CCCN1CC=C[C@@]2(C)S[C@]34C=CCN(c5ccc6ccccc6c5)C(=O)C3N(CCCCCCO)C(=O)[C@@H]4[C@H]2C1=O. The van der Waals surface area contributed by atoms with Crippen molar-refractivity contribution < 1.29 is 19.5 Å². The fraction of sp³-hybridized carbons (Fsp3) is 0.500. The molecule has 0 bridgehead atoms. The lowest BCUT2D eigenvalue weighted by molar-refractivity contribution is -0.143. The Hall–Kier alpha value is -3.10. The summed E-state index contributed by atoms with van der Waals surface area (Å²) < 4.78 is -1.42. The van der Waals surface area contributed by atoms with Gasteiger partial charge in [-0.15, -0.1) is 11.8 Å². The summed E-state index contributed by atoms with van der Waals surface area (Å²) in [5, 5.41) is 11.4. The second-order valence-electron chi connectivity index (χ2n) is 12.2. The van der Waals surface area contributed by atoms with Gasteiger partial charge in [-0.3, -0.25) is 14.4 Å². The second-order valence-corrected chi connectivity index (χ2v) is 14.0. The van der Waals surface area contributed by atoms with E-state index in [1.165, 1.54) is 0 Å². The molecule has 1 N–H and O–H groups in total. The highest BCUT2D eigenvalue weighted by Gasteiger charge is 2.73. The third kappa shape index (κ3) is 4.67. The first kappa shape index (κ1) is 29.0. The van der Waals surface area contributed by atoms with Gasteiger partial charge in [-0.2, -0.15) is 0 Å². The minimum atomic E-state index is -0.834. The van der Waals surface area contributed by atoms with Crippen LogP contribution in [-0.4, -0.2) is 80.9 Å². The van der Waals surface area contributed by atoms with Crippen LogP contribution >= 0.6 is 11.8 Å². The molecule has 2 aromatic carbocycles. The number of hydrogen-bond acceptors (Lipinski definition) is 5. The molecule has 7 nitrogen and oxygen atoms in total. The number of unbranched alkanes of at least 4 members (excludes halogenated alkanes) is 3. The van der Waals surface area contributed by atoms with Crippen LogP contribution in [0.4, 0.5) is 5.69 Å². The Morgan fingerprint density at radius 2 is 1.62 bits per heavy atom. The van der Waals surface area contributed by atoms with Gasteiger partial charge in [-0.25, -0.2) is 0 Å². The van der Waals surface area contributed by atoms with Crippen molar-refractivity contribution in [2.24, 2.45) is 11.8 Å². The molecule has 8 heteroatoms. The van der Waals surface area contributed by atoms with Crippen molar-refractivity contribution in [3.63, 3.8) is 0 Å². The van der Waals surface area contributed by atoms with Crippen molar-refractivity contribution in [1.29, 1.82) is 0 Å². The van der Waals surface area contributed by atoms with Gasteiger partial charge in [0.25, 0.3) is 5.91 Å². The van der Waals surface area contributed by atoms with Crippen LogP contribution in [0, 0.1) is 11.8 Å². The smallest absolute Gasteiger partial charge is 0.251 e. The lowest BCUT2D eigenvalue weighted by atomic mass is 9.74. The molecule has 0 radical (unpaired) electrons. The maximum atomic E-state index is 14.8. The largest absolute Gasteiger partial charge is 0.396 e. The highest BCUT2D eigenvalue weighted by Crippen LogP contribution is 2.65. The predicted molar refractivity (Wildman–Crippen MR) is 168 cm³/mol. The van der Waals surface area contributed by atoms with Crippen molar-refractivity contribution in [3.8, 4) is 0 Å². The number of anilines is 1. The number of fused-ring (bicyclic) bond motifs is 3. The molecule has 3 amide bonds. The molecule has 0 aliphatic carbocycles. The van der Waals surface area contributed by atoms with Gasteiger partial charge in [-0.05, 0) is 49.1 Å². The van der Waals surface area contributed by atoms with E-state index in [9.17, 15) is 19.5 Å². The van der Waals surface area contributed by atoms with Crippen molar-refractivity contribution >= 4 is 45.9 Å². The molecule has 1 unspecified atom stereocenters. The van der Waals surface area contributed by atoms with Gasteiger partial charge >= 0.3 is 0 Å². The zero-order valence-electron chi connectivity index (χ0n) is 24.6. The van der Waals surface area contributed by atoms with E-state index < -0.39 is 27.4 Å². The van der Waals surface area contributed by atoms with Gasteiger partial charge < -0.3 is 19.8 Å². The number of likely N-dealkylation sites (tertiary alicyclic amines) is 1. The number of hydrogen-bond donors (Lipinski definition) is 1. The normalized spacial score (nSPS) is 30.5. The Bertz CT molecular complexity index is 1440. The first-order valence-electron chi connectivity index (χ1n) is 15.4. The number of aliphatic hydroxyl groups is 1. The highest BCUT2D eigenvalue weighted by molar-refractivity contribution is 8.02. The maximum absolute atomic E-state index is 14.8. The Kier molecular flexibility index (Phi) is 7.96.